The van der Waals surface area contributed by atoms with Crippen molar-refractivity contribution in [1.82, 2.24) is 4.57 Å². The summed E-state index contributed by atoms with van der Waals surface area (Å²) in [7, 11) is 0. The maximum atomic E-state index is 11.9. The van der Waals surface area contributed by atoms with Crippen LogP contribution < -0.4 is 0 Å². The Morgan fingerprint density at radius 1 is 1.39 bits per heavy atom. The Morgan fingerprint density at radius 2 is 2.11 bits per heavy atom. The summed E-state index contributed by atoms with van der Waals surface area (Å²) in [5.74, 6) is 0.298. The van der Waals surface area contributed by atoms with Gasteiger partial charge in [0.1, 0.15) is 0 Å². The van der Waals surface area contributed by atoms with Crippen molar-refractivity contribution in [2.45, 2.75) is 59.1 Å². The second-order valence-corrected chi connectivity index (χ2v) is 5.70. The maximum Gasteiger partial charge on any atom is 0.164 e. The van der Waals surface area contributed by atoms with Gasteiger partial charge in [-0.1, -0.05) is 0 Å². The third kappa shape index (κ3) is 2.51. The van der Waals surface area contributed by atoms with Crippen LogP contribution in [0.3, 0.4) is 0 Å². The monoisotopic (exact) mass is 249 g/mol. The number of Topliss-reactive ketones (excluding diaryl/α,β-unsaturated/α-hetero) is 1. The summed E-state index contributed by atoms with van der Waals surface area (Å²) in [6, 6.07) is 2.04. The van der Waals surface area contributed by atoms with Crippen LogP contribution in [0.15, 0.2) is 6.07 Å². The highest BCUT2D eigenvalue weighted by molar-refractivity contribution is 5.98. The van der Waals surface area contributed by atoms with E-state index in [-0.39, 0.29) is 5.60 Å². The van der Waals surface area contributed by atoms with Gasteiger partial charge in [0.2, 0.25) is 0 Å². The molecular weight excluding hydrogens is 226 g/mol. The highest BCUT2D eigenvalue weighted by Gasteiger charge is 2.26. The average molecular weight is 249 g/mol. The largest absolute Gasteiger partial charge is 0.374 e. The van der Waals surface area contributed by atoms with Gasteiger partial charge in [0, 0.05) is 30.0 Å². The van der Waals surface area contributed by atoms with E-state index in [1.807, 2.05) is 13.0 Å². The van der Waals surface area contributed by atoms with Crippen LogP contribution >= 0.6 is 0 Å². The van der Waals surface area contributed by atoms with Crippen LogP contribution in [0.5, 0.6) is 0 Å². The number of ketones is 1. The molecule has 1 aliphatic carbocycles. The van der Waals surface area contributed by atoms with E-state index in [2.05, 4.69) is 25.3 Å². The Labute approximate surface area is 109 Å². The molecule has 3 heteroatoms. The summed E-state index contributed by atoms with van der Waals surface area (Å²) in [5, 5.41) is 0. The van der Waals surface area contributed by atoms with Crippen molar-refractivity contribution < 1.29 is 9.53 Å². The summed E-state index contributed by atoms with van der Waals surface area (Å²) in [6.45, 7) is 9.83. The lowest BCUT2D eigenvalue weighted by atomic mass is 9.96. The Hall–Kier alpha value is -1.09. The van der Waals surface area contributed by atoms with Crippen LogP contribution in [0.4, 0.5) is 0 Å². The average Bonchev–Trinajstić information content (AvgIpc) is 2.57. The van der Waals surface area contributed by atoms with Gasteiger partial charge in [0.25, 0.3) is 0 Å². The van der Waals surface area contributed by atoms with E-state index in [0.717, 1.165) is 24.9 Å². The van der Waals surface area contributed by atoms with Crippen molar-refractivity contribution >= 4 is 5.78 Å². The number of hydrogen-bond acceptors (Lipinski definition) is 2. The third-order valence-corrected chi connectivity index (χ3v) is 3.61. The highest BCUT2D eigenvalue weighted by Crippen LogP contribution is 2.27. The second kappa shape index (κ2) is 4.88. The standard InChI is InChI=1S/C15H23NO2/c1-5-18-15(3,4)10-16-11(2)9-12-13(16)7-6-8-14(12)17/h9H,5-8,10H2,1-4H3. The van der Waals surface area contributed by atoms with Crippen LogP contribution in [-0.2, 0) is 17.7 Å². The van der Waals surface area contributed by atoms with Gasteiger partial charge in [-0.05, 0) is 46.6 Å². The number of carbonyl (C=O) groups is 1. The maximum absolute atomic E-state index is 11.9. The Kier molecular flexibility index (Phi) is 3.62. The zero-order valence-electron chi connectivity index (χ0n) is 11.9. The predicted octanol–water partition coefficient (Wildman–Crippen LogP) is 3.13. The molecule has 1 aromatic rings. The quantitative estimate of drug-likeness (QED) is 0.821. The van der Waals surface area contributed by atoms with Crippen molar-refractivity contribution in [3.63, 3.8) is 0 Å². The lowest BCUT2D eigenvalue weighted by Gasteiger charge is -2.28. The molecule has 0 aromatic carbocycles. The number of aromatic nitrogens is 1. The van der Waals surface area contributed by atoms with Gasteiger partial charge < -0.3 is 9.30 Å². The number of hydrogen-bond donors (Lipinski definition) is 0. The fourth-order valence-electron chi connectivity index (χ4n) is 2.83. The fraction of sp³-hybridized carbons (Fsp3) is 0.667. The molecule has 18 heavy (non-hydrogen) atoms. The van der Waals surface area contributed by atoms with Crippen molar-refractivity contribution in [2.24, 2.45) is 0 Å². The van der Waals surface area contributed by atoms with E-state index < -0.39 is 0 Å². The number of carbonyl (C=O) groups excluding carboxylic acids is 1. The number of ether oxygens (including phenoxy) is 1. The van der Waals surface area contributed by atoms with Gasteiger partial charge in [-0.3, -0.25) is 4.79 Å². The topological polar surface area (TPSA) is 31.2 Å². The Balaban J connectivity index is 2.31. The zero-order chi connectivity index (χ0) is 13.3. The minimum atomic E-state index is -0.188. The SMILES string of the molecule is CCOC(C)(C)Cn1c(C)cc2c1CCCC2=O. The van der Waals surface area contributed by atoms with Crippen LogP contribution in [0.25, 0.3) is 0 Å². The number of nitrogens with zero attached hydrogens (tertiary/aromatic N) is 1. The van der Waals surface area contributed by atoms with Gasteiger partial charge in [-0.25, -0.2) is 0 Å². The molecule has 3 nitrogen and oxygen atoms in total. The van der Waals surface area contributed by atoms with E-state index in [9.17, 15) is 4.79 Å². The first-order valence-corrected chi connectivity index (χ1v) is 6.81. The molecule has 2 rings (SSSR count). The first kappa shape index (κ1) is 13.3. The van der Waals surface area contributed by atoms with Gasteiger partial charge in [-0.2, -0.15) is 0 Å². The molecule has 0 bridgehead atoms. The number of fused-ring (bicyclic) bond motifs is 1. The van der Waals surface area contributed by atoms with E-state index in [0.29, 0.717) is 18.8 Å². The number of rotatable bonds is 4. The summed E-state index contributed by atoms with van der Waals surface area (Å²) >= 11 is 0. The van der Waals surface area contributed by atoms with Gasteiger partial charge in [0.15, 0.2) is 5.78 Å². The molecule has 0 aliphatic heterocycles. The molecule has 0 amide bonds. The molecule has 0 atom stereocenters. The molecule has 0 saturated carbocycles. The molecule has 0 fully saturated rings. The normalized spacial score (nSPS) is 15.9. The fourth-order valence-corrected chi connectivity index (χ4v) is 2.83. The van der Waals surface area contributed by atoms with Crippen molar-refractivity contribution in [2.75, 3.05) is 6.61 Å². The molecule has 0 unspecified atom stereocenters. The molecular formula is C15H23NO2. The molecule has 1 aromatic heterocycles. The highest BCUT2D eigenvalue weighted by atomic mass is 16.5. The molecule has 0 N–H and O–H groups in total. The molecule has 0 saturated heterocycles. The van der Waals surface area contributed by atoms with Gasteiger partial charge in [0.05, 0.1) is 12.1 Å². The van der Waals surface area contributed by atoms with Crippen LogP contribution in [0, 0.1) is 6.92 Å². The van der Waals surface area contributed by atoms with Gasteiger partial charge >= 0.3 is 0 Å². The number of aryl methyl sites for hydroxylation is 1. The van der Waals surface area contributed by atoms with E-state index in [4.69, 9.17) is 4.74 Å². The van der Waals surface area contributed by atoms with Crippen molar-refractivity contribution in [1.29, 1.82) is 0 Å². The molecule has 0 spiro atoms. The van der Waals surface area contributed by atoms with Crippen LogP contribution in [-0.4, -0.2) is 22.6 Å². The second-order valence-electron chi connectivity index (χ2n) is 5.70. The predicted molar refractivity (Wildman–Crippen MR) is 72.1 cm³/mol. The Morgan fingerprint density at radius 3 is 2.78 bits per heavy atom. The smallest absolute Gasteiger partial charge is 0.164 e. The first-order valence-electron chi connectivity index (χ1n) is 6.81. The minimum Gasteiger partial charge on any atom is -0.374 e. The Bertz CT molecular complexity index is 457. The lowest BCUT2D eigenvalue weighted by molar-refractivity contribution is -0.0231. The molecule has 1 heterocycles. The zero-order valence-corrected chi connectivity index (χ0v) is 11.9. The van der Waals surface area contributed by atoms with Crippen LogP contribution in [0.1, 0.15) is 55.4 Å². The summed E-state index contributed by atoms with van der Waals surface area (Å²) in [4.78, 5) is 11.9. The summed E-state index contributed by atoms with van der Waals surface area (Å²) in [5.41, 5.74) is 3.12. The first-order chi connectivity index (χ1) is 8.44. The molecule has 100 valence electrons. The molecule has 0 radical (unpaired) electrons. The third-order valence-electron chi connectivity index (χ3n) is 3.61. The molecule has 1 aliphatic rings. The van der Waals surface area contributed by atoms with Crippen molar-refractivity contribution in [3.8, 4) is 0 Å². The van der Waals surface area contributed by atoms with E-state index in [1.165, 1.54) is 11.4 Å². The van der Waals surface area contributed by atoms with E-state index >= 15 is 0 Å². The summed E-state index contributed by atoms with van der Waals surface area (Å²) < 4.78 is 8.04. The van der Waals surface area contributed by atoms with E-state index in [1.54, 1.807) is 0 Å². The van der Waals surface area contributed by atoms with Gasteiger partial charge in [-0.15, -0.1) is 0 Å². The van der Waals surface area contributed by atoms with Crippen molar-refractivity contribution in [3.05, 3.63) is 23.0 Å². The lowest BCUT2D eigenvalue weighted by Crippen LogP contribution is -2.32. The van der Waals surface area contributed by atoms with Crippen LogP contribution in [0.2, 0.25) is 0 Å². The summed E-state index contributed by atoms with van der Waals surface area (Å²) in [6.07, 6.45) is 2.69. The minimum absolute atomic E-state index is 0.188.